The third-order valence-corrected chi connectivity index (χ3v) is 2.30. The molecule has 0 fully saturated rings. The fourth-order valence-corrected chi connectivity index (χ4v) is 1.34. The molecule has 0 aliphatic heterocycles. The van der Waals surface area contributed by atoms with Gasteiger partial charge in [-0.1, -0.05) is 6.07 Å². The Balaban J connectivity index is 2.44. The van der Waals surface area contributed by atoms with Crippen molar-refractivity contribution in [3.8, 4) is 0 Å². The number of alkyl halides is 3. The number of amides is 1. The van der Waals surface area contributed by atoms with Crippen LogP contribution in [0.1, 0.15) is 0 Å². The maximum absolute atomic E-state index is 11.9. The van der Waals surface area contributed by atoms with Crippen LogP contribution >= 0.6 is 0 Å². The van der Waals surface area contributed by atoms with Gasteiger partial charge in [-0.15, -0.1) is 0 Å². The van der Waals surface area contributed by atoms with Crippen LogP contribution in [0.2, 0.25) is 0 Å². The Bertz CT molecular complexity index is 432. The molecule has 0 aliphatic carbocycles. The second-order valence-electron chi connectivity index (χ2n) is 4.19. The fraction of sp³-hybridized carbons (Fsp3) is 0.417. The van der Waals surface area contributed by atoms with E-state index < -0.39 is 18.6 Å². The molecular formula is C12H16F3N3O. The summed E-state index contributed by atoms with van der Waals surface area (Å²) < 4.78 is 35.6. The fourth-order valence-electron chi connectivity index (χ4n) is 1.34. The topological polar surface area (TPSA) is 44.4 Å². The van der Waals surface area contributed by atoms with Gasteiger partial charge >= 0.3 is 6.18 Å². The maximum atomic E-state index is 11.9. The summed E-state index contributed by atoms with van der Waals surface area (Å²) in [5, 5.41) is 4.56. The zero-order valence-corrected chi connectivity index (χ0v) is 10.7. The molecule has 0 spiro atoms. The van der Waals surface area contributed by atoms with Gasteiger partial charge in [0.05, 0.1) is 6.54 Å². The number of anilines is 2. The van der Waals surface area contributed by atoms with Gasteiger partial charge in [0.1, 0.15) is 6.54 Å². The van der Waals surface area contributed by atoms with Crippen LogP contribution in [0, 0.1) is 0 Å². The van der Waals surface area contributed by atoms with E-state index in [9.17, 15) is 18.0 Å². The number of halogens is 3. The minimum absolute atomic E-state index is 0.201. The van der Waals surface area contributed by atoms with Crippen LogP contribution < -0.4 is 15.5 Å². The van der Waals surface area contributed by atoms with Gasteiger partial charge in [-0.25, -0.2) is 0 Å². The van der Waals surface area contributed by atoms with Crippen LogP contribution in [0.4, 0.5) is 24.5 Å². The first-order valence-electron chi connectivity index (χ1n) is 5.62. The highest BCUT2D eigenvalue weighted by Gasteiger charge is 2.27. The molecule has 1 aromatic rings. The van der Waals surface area contributed by atoms with Gasteiger partial charge < -0.3 is 15.5 Å². The Morgan fingerprint density at radius 2 is 2.00 bits per heavy atom. The van der Waals surface area contributed by atoms with Crippen molar-refractivity contribution < 1.29 is 18.0 Å². The van der Waals surface area contributed by atoms with Crippen molar-refractivity contribution >= 4 is 17.3 Å². The Labute approximate surface area is 109 Å². The molecule has 1 rings (SSSR count). The largest absolute Gasteiger partial charge is 0.405 e. The summed E-state index contributed by atoms with van der Waals surface area (Å²) in [6, 6.07) is 7.22. The molecule has 0 aromatic heterocycles. The van der Waals surface area contributed by atoms with Gasteiger partial charge in [0, 0.05) is 25.5 Å². The number of nitrogens with zero attached hydrogens (tertiary/aromatic N) is 1. The number of carbonyl (C=O) groups excluding carboxylic acids is 1. The molecule has 1 amide bonds. The monoisotopic (exact) mass is 275 g/mol. The molecular weight excluding hydrogens is 259 g/mol. The van der Waals surface area contributed by atoms with E-state index in [0.717, 1.165) is 5.69 Å². The molecule has 0 unspecified atom stereocenters. The summed E-state index contributed by atoms with van der Waals surface area (Å²) in [4.78, 5) is 13.1. The zero-order valence-electron chi connectivity index (χ0n) is 10.7. The number of rotatable bonds is 5. The SMILES string of the molecule is CN(C)c1cccc(NCC(=O)NCC(F)(F)F)c1. The number of carbonyl (C=O) groups is 1. The van der Waals surface area contributed by atoms with E-state index in [4.69, 9.17) is 0 Å². The molecule has 0 aliphatic rings. The summed E-state index contributed by atoms with van der Waals surface area (Å²) >= 11 is 0. The molecule has 0 saturated carbocycles. The summed E-state index contributed by atoms with van der Waals surface area (Å²) in [5.74, 6) is -0.701. The van der Waals surface area contributed by atoms with Crippen molar-refractivity contribution in [3.05, 3.63) is 24.3 Å². The molecule has 19 heavy (non-hydrogen) atoms. The van der Waals surface area contributed by atoms with Crippen LogP contribution in [-0.2, 0) is 4.79 Å². The molecule has 7 heteroatoms. The standard InChI is InChI=1S/C12H16F3N3O/c1-18(2)10-5-3-4-9(6-10)16-7-11(19)17-8-12(13,14)15/h3-6,16H,7-8H2,1-2H3,(H,17,19). The van der Waals surface area contributed by atoms with Gasteiger partial charge in [-0.2, -0.15) is 13.2 Å². The highest BCUT2D eigenvalue weighted by molar-refractivity contribution is 5.80. The number of hydrogen-bond donors (Lipinski definition) is 2. The van der Waals surface area contributed by atoms with Crippen molar-refractivity contribution in [3.63, 3.8) is 0 Å². The minimum atomic E-state index is -4.39. The lowest BCUT2D eigenvalue weighted by Gasteiger charge is -2.14. The summed E-state index contributed by atoms with van der Waals surface area (Å²) in [5.41, 5.74) is 1.61. The lowest BCUT2D eigenvalue weighted by molar-refractivity contribution is -0.137. The molecule has 106 valence electrons. The lowest BCUT2D eigenvalue weighted by Crippen LogP contribution is -2.37. The van der Waals surface area contributed by atoms with Gasteiger partial charge in [0.2, 0.25) is 5.91 Å². The van der Waals surface area contributed by atoms with Crippen LogP contribution in [0.25, 0.3) is 0 Å². The molecule has 0 radical (unpaired) electrons. The van der Waals surface area contributed by atoms with Crippen molar-refractivity contribution in [1.29, 1.82) is 0 Å². The first kappa shape index (κ1) is 15.1. The minimum Gasteiger partial charge on any atom is -0.378 e. The second kappa shape index (κ2) is 6.31. The van der Waals surface area contributed by atoms with E-state index >= 15 is 0 Å². The average Bonchev–Trinajstić information content (AvgIpc) is 2.33. The van der Waals surface area contributed by atoms with Gasteiger partial charge in [-0.05, 0) is 18.2 Å². The van der Waals surface area contributed by atoms with Crippen molar-refractivity contribution in [2.45, 2.75) is 6.18 Å². The van der Waals surface area contributed by atoms with Crippen LogP contribution in [0.3, 0.4) is 0 Å². The van der Waals surface area contributed by atoms with Crippen LogP contribution in [-0.4, -0.2) is 39.3 Å². The second-order valence-corrected chi connectivity index (χ2v) is 4.19. The van der Waals surface area contributed by atoms with Crippen LogP contribution in [0.5, 0.6) is 0 Å². The first-order valence-corrected chi connectivity index (χ1v) is 5.62. The lowest BCUT2D eigenvalue weighted by atomic mass is 10.2. The number of benzene rings is 1. The zero-order chi connectivity index (χ0) is 14.5. The Morgan fingerprint density at radius 3 is 2.58 bits per heavy atom. The van der Waals surface area contributed by atoms with E-state index in [0.29, 0.717) is 5.69 Å². The van der Waals surface area contributed by atoms with Crippen LogP contribution in [0.15, 0.2) is 24.3 Å². The molecule has 4 nitrogen and oxygen atoms in total. The summed E-state index contributed by atoms with van der Waals surface area (Å²) in [7, 11) is 3.74. The van der Waals surface area contributed by atoms with Crippen molar-refractivity contribution in [1.82, 2.24) is 5.32 Å². The Morgan fingerprint density at radius 1 is 1.32 bits per heavy atom. The summed E-state index contributed by atoms with van der Waals surface area (Å²) in [6.45, 7) is -1.52. The van der Waals surface area contributed by atoms with E-state index in [-0.39, 0.29) is 6.54 Å². The third kappa shape index (κ3) is 5.98. The predicted octanol–water partition coefficient (Wildman–Crippen LogP) is 1.84. The number of hydrogen-bond acceptors (Lipinski definition) is 3. The summed E-state index contributed by atoms with van der Waals surface area (Å²) in [6.07, 6.45) is -4.39. The number of nitrogens with one attached hydrogen (secondary N) is 2. The predicted molar refractivity (Wildman–Crippen MR) is 68.3 cm³/mol. The smallest absolute Gasteiger partial charge is 0.378 e. The Kier molecular flexibility index (Phi) is 5.02. The molecule has 2 N–H and O–H groups in total. The van der Waals surface area contributed by atoms with E-state index in [1.54, 1.807) is 23.5 Å². The van der Waals surface area contributed by atoms with Gasteiger partial charge in [0.15, 0.2) is 0 Å². The van der Waals surface area contributed by atoms with E-state index in [1.807, 2.05) is 25.1 Å². The molecule has 0 heterocycles. The van der Waals surface area contributed by atoms with Gasteiger partial charge in [0.25, 0.3) is 0 Å². The van der Waals surface area contributed by atoms with Gasteiger partial charge in [-0.3, -0.25) is 4.79 Å². The average molecular weight is 275 g/mol. The Hall–Kier alpha value is -1.92. The van der Waals surface area contributed by atoms with Crippen molar-refractivity contribution in [2.75, 3.05) is 37.4 Å². The third-order valence-electron chi connectivity index (χ3n) is 2.30. The molecule has 0 bridgehead atoms. The highest BCUT2D eigenvalue weighted by atomic mass is 19.4. The quantitative estimate of drug-likeness (QED) is 0.862. The highest BCUT2D eigenvalue weighted by Crippen LogP contribution is 2.17. The normalized spacial score (nSPS) is 11.0. The maximum Gasteiger partial charge on any atom is 0.405 e. The first-order chi connectivity index (χ1) is 8.78. The van der Waals surface area contributed by atoms with Crippen molar-refractivity contribution in [2.24, 2.45) is 0 Å². The molecule has 0 atom stereocenters. The molecule has 1 aromatic carbocycles. The molecule has 0 saturated heterocycles. The van der Waals surface area contributed by atoms with E-state index in [1.165, 1.54) is 0 Å². The van der Waals surface area contributed by atoms with E-state index in [2.05, 4.69) is 5.32 Å².